The second-order valence-electron chi connectivity index (χ2n) is 5.60. The minimum Gasteiger partial charge on any atom is -0.443 e. The van der Waals surface area contributed by atoms with Gasteiger partial charge in [0.05, 0.1) is 5.69 Å². The second-order valence-corrected chi connectivity index (χ2v) is 5.60. The molecule has 1 aromatic carbocycles. The molecule has 1 fully saturated rings. The standard InChI is InChI=1S/C15H20N2O2/c1-15(2,3)19-14(18)17-11-7-10-13(17)16-12-8-5-4-6-9-12/h4-6,8-9H,7,10-11H2,1-3H3/b16-13+. The van der Waals surface area contributed by atoms with Gasteiger partial charge in [-0.15, -0.1) is 0 Å². The van der Waals surface area contributed by atoms with Gasteiger partial charge in [-0.05, 0) is 39.3 Å². The van der Waals surface area contributed by atoms with Crippen LogP contribution in [-0.4, -0.2) is 29.0 Å². The second kappa shape index (κ2) is 5.43. The summed E-state index contributed by atoms with van der Waals surface area (Å²) in [5.41, 5.74) is 0.394. The highest BCUT2D eigenvalue weighted by atomic mass is 16.6. The predicted molar refractivity (Wildman–Crippen MR) is 75.7 cm³/mol. The molecule has 0 saturated carbocycles. The fraction of sp³-hybridized carbons (Fsp3) is 0.467. The largest absolute Gasteiger partial charge is 0.443 e. The minimum absolute atomic E-state index is 0.306. The third-order valence-corrected chi connectivity index (χ3v) is 2.72. The molecule has 4 heteroatoms. The van der Waals surface area contributed by atoms with Crippen LogP contribution in [0.4, 0.5) is 10.5 Å². The lowest BCUT2D eigenvalue weighted by Crippen LogP contribution is -2.37. The molecule has 1 saturated heterocycles. The summed E-state index contributed by atoms with van der Waals surface area (Å²) in [6.45, 7) is 6.29. The van der Waals surface area contributed by atoms with Crippen LogP contribution in [0.3, 0.4) is 0 Å². The van der Waals surface area contributed by atoms with Crippen LogP contribution in [0, 0.1) is 0 Å². The molecule has 0 N–H and O–H groups in total. The van der Waals surface area contributed by atoms with Crippen LogP contribution >= 0.6 is 0 Å². The van der Waals surface area contributed by atoms with Gasteiger partial charge in [0.25, 0.3) is 0 Å². The number of hydrogen-bond acceptors (Lipinski definition) is 3. The number of benzene rings is 1. The number of aliphatic imine (C=N–C) groups is 1. The van der Waals surface area contributed by atoms with Gasteiger partial charge < -0.3 is 4.74 Å². The number of rotatable bonds is 1. The Kier molecular flexibility index (Phi) is 3.88. The Morgan fingerprint density at radius 1 is 1.26 bits per heavy atom. The van der Waals surface area contributed by atoms with Crippen molar-refractivity contribution in [2.45, 2.75) is 39.2 Å². The lowest BCUT2D eigenvalue weighted by molar-refractivity contribution is 0.0383. The zero-order chi connectivity index (χ0) is 13.9. The van der Waals surface area contributed by atoms with Gasteiger partial charge >= 0.3 is 6.09 Å². The van der Waals surface area contributed by atoms with Crippen LogP contribution < -0.4 is 0 Å². The van der Waals surface area contributed by atoms with E-state index in [1.54, 1.807) is 4.90 Å². The molecule has 1 aliphatic heterocycles. The number of ether oxygens (including phenoxy) is 1. The monoisotopic (exact) mass is 260 g/mol. The summed E-state index contributed by atoms with van der Waals surface area (Å²) < 4.78 is 5.40. The summed E-state index contributed by atoms with van der Waals surface area (Å²) in [7, 11) is 0. The number of amides is 1. The summed E-state index contributed by atoms with van der Waals surface area (Å²) in [6.07, 6.45) is 1.44. The molecule has 2 rings (SSSR count). The fourth-order valence-corrected chi connectivity index (χ4v) is 1.94. The van der Waals surface area contributed by atoms with Crippen LogP contribution in [-0.2, 0) is 4.74 Å². The molecule has 19 heavy (non-hydrogen) atoms. The number of hydrogen-bond donors (Lipinski definition) is 0. The lowest BCUT2D eigenvalue weighted by atomic mass is 10.2. The number of carbonyl (C=O) groups is 1. The van der Waals surface area contributed by atoms with Gasteiger partial charge in [0.2, 0.25) is 0 Å². The first-order valence-corrected chi connectivity index (χ1v) is 6.59. The van der Waals surface area contributed by atoms with Crippen molar-refractivity contribution in [2.75, 3.05) is 6.54 Å². The van der Waals surface area contributed by atoms with Crippen molar-refractivity contribution in [1.29, 1.82) is 0 Å². The van der Waals surface area contributed by atoms with Crippen molar-refractivity contribution in [3.8, 4) is 0 Å². The van der Waals surface area contributed by atoms with E-state index >= 15 is 0 Å². The number of amidine groups is 1. The normalized spacial score (nSPS) is 17.8. The third kappa shape index (κ3) is 3.81. The maximum Gasteiger partial charge on any atom is 0.415 e. The molecule has 4 nitrogen and oxygen atoms in total. The van der Waals surface area contributed by atoms with Gasteiger partial charge in [-0.25, -0.2) is 9.79 Å². The van der Waals surface area contributed by atoms with E-state index in [-0.39, 0.29) is 6.09 Å². The number of likely N-dealkylation sites (tertiary alicyclic amines) is 1. The average molecular weight is 260 g/mol. The third-order valence-electron chi connectivity index (χ3n) is 2.72. The van der Waals surface area contributed by atoms with Crippen molar-refractivity contribution in [2.24, 2.45) is 4.99 Å². The molecule has 0 aliphatic carbocycles. The van der Waals surface area contributed by atoms with Crippen molar-refractivity contribution in [3.05, 3.63) is 30.3 Å². The highest BCUT2D eigenvalue weighted by Gasteiger charge is 2.29. The van der Waals surface area contributed by atoms with E-state index in [0.717, 1.165) is 24.4 Å². The average Bonchev–Trinajstić information content (AvgIpc) is 2.76. The Morgan fingerprint density at radius 3 is 2.58 bits per heavy atom. The molecule has 1 aliphatic rings. The van der Waals surface area contributed by atoms with Gasteiger partial charge in [0.1, 0.15) is 11.4 Å². The van der Waals surface area contributed by atoms with E-state index in [1.807, 2.05) is 51.1 Å². The first kappa shape index (κ1) is 13.6. The van der Waals surface area contributed by atoms with E-state index in [9.17, 15) is 4.79 Å². The topological polar surface area (TPSA) is 41.9 Å². The molecule has 0 radical (unpaired) electrons. The van der Waals surface area contributed by atoms with Crippen LogP contribution in [0.5, 0.6) is 0 Å². The van der Waals surface area contributed by atoms with E-state index < -0.39 is 5.60 Å². The zero-order valence-electron chi connectivity index (χ0n) is 11.7. The first-order chi connectivity index (χ1) is 8.96. The van der Waals surface area contributed by atoms with Crippen molar-refractivity contribution < 1.29 is 9.53 Å². The quantitative estimate of drug-likeness (QED) is 0.771. The van der Waals surface area contributed by atoms with E-state index in [2.05, 4.69) is 4.99 Å². The molecule has 102 valence electrons. The molecular formula is C15H20N2O2. The molecular weight excluding hydrogens is 240 g/mol. The Hall–Kier alpha value is -1.84. The summed E-state index contributed by atoms with van der Waals surface area (Å²) in [5, 5.41) is 0. The Balaban J connectivity index is 2.13. The van der Waals surface area contributed by atoms with E-state index in [1.165, 1.54) is 0 Å². The summed E-state index contributed by atoms with van der Waals surface area (Å²) in [5.74, 6) is 0.792. The van der Waals surface area contributed by atoms with Gasteiger partial charge in [0.15, 0.2) is 0 Å². The Labute approximate surface area is 114 Å². The molecule has 0 spiro atoms. The van der Waals surface area contributed by atoms with Crippen molar-refractivity contribution in [1.82, 2.24) is 4.90 Å². The molecule has 1 amide bonds. The molecule has 1 heterocycles. The van der Waals surface area contributed by atoms with E-state index in [4.69, 9.17) is 4.74 Å². The lowest BCUT2D eigenvalue weighted by Gasteiger charge is -2.24. The van der Waals surface area contributed by atoms with Gasteiger partial charge in [0, 0.05) is 13.0 Å². The summed E-state index contributed by atoms with van der Waals surface area (Å²) in [4.78, 5) is 18.3. The zero-order valence-corrected chi connectivity index (χ0v) is 11.7. The maximum absolute atomic E-state index is 12.1. The Morgan fingerprint density at radius 2 is 1.95 bits per heavy atom. The van der Waals surface area contributed by atoms with Crippen molar-refractivity contribution >= 4 is 17.6 Å². The molecule has 1 aromatic rings. The fourth-order valence-electron chi connectivity index (χ4n) is 1.94. The number of para-hydroxylation sites is 1. The highest BCUT2D eigenvalue weighted by molar-refractivity contribution is 5.98. The van der Waals surface area contributed by atoms with Crippen molar-refractivity contribution in [3.63, 3.8) is 0 Å². The first-order valence-electron chi connectivity index (χ1n) is 6.59. The summed E-state index contributed by atoms with van der Waals surface area (Å²) >= 11 is 0. The maximum atomic E-state index is 12.1. The van der Waals surface area contributed by atoms with Crippen LogP contribution in [0.25, 0.3) is 0 Å². The Bertz CT molecular complexity index is 475. The smallest absolute Gasteiger partial charge is 0.415 e. The molecule has 0 atom stereocenters. The molecule has 0 unspecified atom stereocenters. The predicted octanol–water partition coefficient (Wildman–Crippen LogP) is 3.75. The molecule has 0 bridgehead atoms. The minimum atomic E-state index is -0.475. The van der Waals surface area contributed by atoms with Gasteiger partial charge in [-0.2, -0.15) is 0 Å². The van der Waals surface area contributed by atoms with Gasteiger partial charge in [-0.1, -0.05) is 18.2 Å². The summed E-state index contributed by atoms with van der Waals surface area (Å²) in [6, 6.07) is 9.68. The van der Waals surface area contributed by atoms with Crippen LogP contribution in [0.2, 0.25) is 0 Å². The number of nitrogens with zero attached hydrogens (tertiary/aromatic N) is 2. The van der Waals surface area contributed by atoms with Crippen LogP contribution in [0.1, 0.15) is 33.6 Å². The van der Waals surface area contributed by atoms with Gasteiger partial charge in [-0.3, -0.25) is 4.90 Å². The SMILES string of the molecule is CC(C)(C)OC(=O)N1CCC/C1=N\c1ccccc1. The van der Waals surface area contributed by atoms with E-state index in [0.29, 0.717) is 6.54 Å². The highest BCUT2D eigenvalue weighted by Crippen LogP contribution is 2.20. The molecule has 0 aromatic heterocycles. The van der Waals surface area contributed by atoms with Crippen LogP contribution in [0.15, 0.2) is 35.3 Å². The number of carbonyl (C=O) groups excluding carboxylic acids is 1.